The second kappa shape index (κ2) is 7.66. The number of carbonyl (C=O) groups is 1. The van der Waals surface area contributed by atoms with Crippen LogP contribution in [0.5, 0.6) is 0 Å². The van der Waals surface area contributed by atoms with Gasteiger partial charge in [0.05, 0.1) is 11.7 Å². The molecule has 1 atom stereocenters. The molecule has 2 aromatic rings. The minimum Gasteiger partial charge on any atom is -0.376 e. The SMILES string of the molecule is CCc1ncc(C(=O)N(Cc2ccsc2)CC2CCCO2)cn1. The van der Waals surface area contributed by atoms with Crippen molar-refractivity contribution in [1.29, 1.82) is 0 Å². The average Bonchev–Trinajstić information content (AvgIpc) is 3.27. The van der Waals surface area contributed by atoms with Crippen LogP contribution in [0.2, 0.25) is 0 Å². The van der Waals surface area contributed by atoms with Crippen LogP contribution in [0.1, 0.15) is 41.5 Å². The first-order chi connectivity index (χ1) is 11.3. The number of ether oxygens (including phenoxy) is 1. The first-order valence-electron chi connectivity index (χ1n) is 7.99. The molecule has 1 aliphatic heterocycles. The van der Waals surface area contributed by atoms with Gasteiger partial charge in [0.1, 0.15) is 5.82 Å². The fourth-order valence-corrected chi connectivity index (χ4v) is 3.35. The summed E-state index contributed by atoms with van der Waals surface area (Å²) in [5.74, 6) is 0.722. The highest BCUT2D eigenvalue weighted by Crippen LogP contribution is 2.18. The molecule has 3 rings (SSSR count). The third-order valence-corrected chi connectivity index (χ3v) is 4.69. The highest BCUT2D eigenvalue weighted by molar-refractivity contribution is 7.07. The van der Waals surface area contributed by atoms with Gasteiger partial charge in [-0.2, -0.15) is 11.3 Å². The molecule has 5 nitrogen and oxygen atoms in total. The standard InChI is InChI=1S/C17H21N3O2S/c1-2-16-18-8-14(9-19-16)17(21)20(10-13-5-7-23-12-13)11-15-4-3-6-22-15/h5,7-9,12,15H,2-4,6,10-11H2,1H3. The van der Waals surface area contributed by atoms with E-state index in [-0.39, 0.29) is 12.0 Å². The summed E-state index contributed by atoms with van der Waals surface area (Å²) in [5.41, 5.74) is 1.68. The van der Waals surface area contributed by atoms with Gasteiger partial charge < -0.3 is 9.64 Å². The predicted octanol–water partition coefficient (Wildman–Crippen LogP) is 2.92. The summed E-state index contributed by atoms with van der Waals surface area (Å²) in [7, 11) is 0. The first kappa shape index (κ1) is 16.1. The lowest BCUT2D eigenvalue weighted by Crippen LogP contribution is -2.37. The van der Waals surface area contributed by atoms with Gasteiger partial charge in [0.2, 0.25) is 0 Å². The van der Waals surface area contributed by atoms with Crippen molar-refractivity contribution >= 4 is 17.2 Å². The summed E-state index contributed by atoms with van der Waals surface area (Å²) in [6.45, 7) is 4.00. The molecule has 1 saturated heterocycles. The topological polar surface area (TPSA) is 55.3 Å². The Morgan fingerprint density at radius 3 is 2.87 bits per heavy atom. The maximum Gasteiger partial charge on any atom is 0.257 e. The lowest BCUT2D eigenvalue weighted by atomic mass is 10.2. The Morgan fingerprint density at radius 1 is 1.43 bits per heavy atom. The van der Waals surface area contributed by atoms with Crippen molar-refractivity contribution in [2.24, 2.45) is 0 Å². The Balaban J connectivity index is 1.75. The number of amides is 1. The first-order valence-corrected chi connectivity index (χ1v) is 8.93. The molecule has 0 N–H and O–H groups in total. The smallest absolute Gasteiger partial charge is 0.257 e. The third-order valence-electron chi connectivity index (χ3n) is 3.96. The largest absolute Gasteiger partial charge is 0.376 e. The lowest BCUT2D eigenvalue weighted by Gasteiger charge is -2.25. The van der Waals surface area contributed by atoms with Crippen LogP contribution in [0.15, 0.2) is 29.2 Å². The second-order valence-electron chi connectivity index (χ2n) is 5.69. The van der Waals surface area contributed by atoms with Crippen LogP contribution < -0.4 is 0 Å². The number of hydrogen-bond donors (Lipinski definition) is 0. The molecule has 1 fully saturated rings. The molecular weight excluding hydrogens is 310 g/mol. The van der Waals surface area contributed by atoms with E-state index in [1.165, 1.54) is 0 Å². The minimum atomic E-state index is -0.0330. The molecule has 23 heavy (non-hydrogen) atoms. The number of hydrogen-bond acceptors (Lipinski definition) is 5. The highest BCUT2D eigenvalue weighted by Gasteiger charge is 2.24. The van der Waals surface area contributed by atoms with E-state index in [1.54, 1.807) is 23.7 Å². The Kier molecular flexibility index (Phi) is 5.35. The van der Waals surface area contributed by atoms with Gasteiger partial charge in [-0.15, -0.1) is 0 Å². The predicted molar refractivity (Wildman–Crippen MR) is 89.4 cm³/mol. The van der Waals surface area contributed by atoms with Gasteiger partial charge in [-0.1, -0.05) is 6.92 Å². The molecule has 6 heteroatoms. The summed E-state index contributed by atoms with van der Waals surface area (Å²) in [6.07, 6.45) is 6.24. The van der Waals surface area contributed by atoms with Gasteiger partial charge in [-0.05, 0) is 35.2 Å². The molecule has 0 saturated carbocycles. The van der Waals surface area contributed by atoms with Gasteiger partial charge in [-0.3, -0.25) is 4.79 Å². The minimum absolute atomic E-state index is 0.0330. The molecule has 1 unspecified atom stereocenters. The zero-order chi connectivity index (χ0) is 16.1. The van der Waals surface area contributed by atoms with E-state index in [4.69, 9.17) is 4.74 Å². The van der Waals surface area contributed by atoms with E-state index in [1.807, 2.05) is 17.2 Å². The van der Waals surface area contributed by atoms with E-state index in [0.29, 0.717) is 18.7 Å². The quantitative estimate of drug-likeness (QED) is 0.817. The van der Waals surface area contributed by atoms with Crippen molar-refractivity contribution in [3.05, 3.63) is 46.2 Å². The maximum absolute atomic E-state index is 12.9. The number of carbonyl (C=O) groups excluding carboxylic acids is 1. The van der Waals surface area contributed by atoms with Crippen LogP contribution in [0.4, 0.5) is 0 Å². The van der Waals surface area contributed by atoms with E-state index in [9.17, 15) is 4.79 Å². The number of aromatic nitrogens is 2. The van der Waals surface area contributed by atoms with Crippen LogP contribution in [0.3, 0.4) is 0 Å². The summed E-state index contributed by atoms with van der Waals surface area (Å²) < 4.78 is 5.70. The fraction of sp³-hybridized carbons (Fsp3) is 0.471. The molecule has 2 aromatic heterocycles. The molecule has 0 radical (unpaired) electrons. The molecule has 3 heterocycles. The molecular formula is C17H21N3O2S. The molecule has 1 aliphatic rings. The zero-order valence-electron chi connectivity index (χ0n) is 13.3. The van der Waals surface area contributed by atoms with E-state index in [2.05, 4.69) is 21.4 Å². The van der Waals surface area contributed by atoms with E-state index in [0.717, 1.165) is 37.3 Å². The highest BCUT2D eigenvalue weighted by atomic mass is 32.1. The van der Waals surface area contributed by atoms with Crippen molar-refractivity contribution in [3.63, 3.8) is 0 Å². The Bertz CT molecular complexity index is 622. The molecule has 1 amide bonds. The third kappa shape index (κ3) is 4.14. The van der Waals surface area contributed by atoms with Crippen molar-refractivity contribution < 1.29 is 9.53 Å². The molecule has 0 aromatic carbocycles. The summed E-state index contributed by atoms with van der Waals surface area (Å²) in [6, 6.07) is 2.05. The van der Waals surface area contributed by atoms with E-state index >= 15 is 0 Å². The van der Waals surface area contributed by atoms with Gasteiger partial charge in [-0.25, -0.2) is 9.97 Å². The number of aryl methyl sites for hydroxylation is 1. The number of rotatable bonds is 6. The molecule has 122 valence electrons. The molecule has 0 aliphatic carbocycles. The zero-order valence-corrected chi connectivity index (χ0v) is 14.1. The maximum atomic E-state index is 12.9. The second-order valence-corrected chi connectivity index (χ2v) is 6.47. The Hall–Kier alpha value is -1.79. The average molecular weight is 331 g/mol. The van der Waals surface area contributed by atoms with Crippen LogP contribution in [0.25, 0.3) is 0 Å². The molecule has 0 spiro atoms. The van der Waals surface area contributed by atoms with Gasteiger partial charge >= 0.3 is 0 Å². The Morgan fingerprint density at radius 2 is 2.26 bits per heavy atom. The van der Waals surface area contributed by atoms with Crippen molar-refractivity contribution in [1.82, 2.24) is 14.9 Å². The van der Waals surface area contributed by atoms with Crippen LogP contribution in [0, 0.1) is 0 Å². The van der Waals surface area contributed by atoms with Crippen LogP contribution >= 0.6 is 11.3 Å². The van der Waals surface area contributed by atoms with Crippen molar-refractivity contribution in [3.8, 4) is 0 Å². The van der Waals surface area contributed by atoms with Gasteiger partial charge in [0.25, 0.3) is 5.91 Å². The number of thiophene rings is 1. The lowest BCUT2D eigenvalue weighted by molar-refractivity contribution is 0.0507. The number of nitrogens with zero attached hydrogens (tertiary/aromatic N) is 3. The summed E-state index contributed by atoms with van der Waals surface area (Å²) in [5, 5.41) is 4.11. The van der Waals surface area contributed by atoms with Gasteiger partial charge in [0.15, 0.2) is 0 Å². The monoisotopic (exact) mass is 331 g/mol. The summed E-state index contributed by atoms with van der Waals surface area (Å²) in [4.78, 5) is 23.2. The van der Waals surface area contributed by atoms with Gasteiger partial charge in [0, 0.05) is 38.5 Å². The normalized spacial score (nSPS) is 17.3. The van der Waals surface area contributed by atoms with E-state index < -0.39 is 0 Å². The molecule has 0 bridgehead atoms. The summed E-state index contributed by atoms with van der Waals surface area (Å²) >= 11 is 1.64. The Labute approximate surface area is 140 Å². The van der Waals surface area contributed by atoms with Crippen molar-refractivity contribution in [2.45, 2.75) is 38.8 Å². The van der Waals surface area contributed by atoms with Crippen molar-refractivity contribution in [2.75, 3.05) is 13.2 Å². The van der Waals surface area contributed by atoms with Crippen LogP contribution in [-0.2, 0) is 17.7 Å². The van der Waals surface area contributed by atoms with Crippen LogP contribution in [-0.4, -0.2) is 40.0 Å². The fourth-order valence-electron chi connectivity index (χ4n) is 2.69.